The minimum Gasteiger partial charge on any atom is -0.462 e. The molecule has 0 spiro atoms. The van der Waals surface area contributed by atoms with Crippen LogP contribution < -0.4 is 0 Å². The Bertz CT molecular complexity index is 1890. The lowest BCUT2D eigenvalue weighted by atomic mass is 10.00. The summed E-state index contributed by atoms with van der Waals surface area (Å²) in [6.07, 6.45) is 55.8. The average Bonchev–Trinajstić information content (AvgIpc) is 1.80. The van der Waals surface area contributed by atoms with Crippen LogP contribution in [0.4, 0.5) is 0 Å². The number of aliphatic hydroxyl groups is 1. The van der Waals surface area contributed by atoms with Gasteiger partial charge >= 0.3 is 39.5 Å². The zero-order valence-electron chi connectivity index (χ0n) is 63.5. The Hall–Kier alpha value is -1.94. The fourth-order valence-corrected chi connectivity index (χ4v) is 13.5. The predicted molar refractivity (Wildman–Crippen MR) is 395 cm³/mol. The van der Waals surface area contributed by atoms with E-state index in [0.717, 1.165) is 108 Å². The van der Waals surface area contributed by atoms with E-state index in [1.165, 1.54) is 205 Å². The van der Waals surface area contributed by atoms with Crippen LogP contribution in [-0.2, 0) is 65.4 Å². The highest BCUT2D eigenvalue weighted by molar-refractivity contribution is 7.47. The molecular weight excluding hydrogens is 1270 g/mol. The van der Waals surface area contributed by atoms with Crippen molar-refractivity contribution < 1.29 is 80.2 Å². The summed E-state index contributed by atoms with van der Waals surface area (Å²) in [6, 6.07) is 0. The highest BCUT2D eigenvalue weighted by atomic mass is 31.2. The smallest absolute Gasteiger partial charge is 0.462 e. The second-order valence-corrected chi connectivity index (χ2v) is 32.2. The van der Waals surface area contributed by atoms with E-state index in [4.69, 9.17) is 37.0 Å². The van der Waals surface area contributed by atoms with Crippen LogP contribution in [0.2, 0.25) is 0 Å². The van der Waals surface area contributed by atoms with Crippen molar-refractivity contribution in [3.8, 4) is 0 Å². The Kier molecular flexibility index (Phi) is 67.1. The third-order valence-corrected chi connectivity index (χ3v) is 20.4. The number of phosphoric ester groups is 2. The quantitative estimate of drug-likeness (QED) is 0.0222. The van der Waals surface area contributed by atoms with Gasteiger partial charge in [-0.15, -0.1) is 0 Å². The predicted octanol–water partition coefficient (Wildman–Crippen LogP) is 23.0. The minimum atomic E-state index is -4.96. The van der Waals surface area contributed by atoms with E-state index < -0.39 is 97.5 Å². The Morgan fingerprint density at radius 3 is 0.784 bits per heavy atom. The van der Waals surface area contributed by atoms with E-state index in [1.54, 1.807) is 0 Å². The Labute approximate surface area is 594 Å². The SMILES string of the molecule is CCCCCCCCCCCCCCCCCCC(=O)OC[C@H](COP(=O)(O)OC[C@@H](O)COP(=O)(O)OC[C@@H](COC(=O)CCCCCCCCC(C)CC)OC(=O)CCCCCCCCCC(C)C)OC(=O)CCCCCCCCCCCCCCCCCCCCC(C)C. The van der Waals surface area contributed by atoms with Crippen molar-refractivity contribution in [2.45, 2.75) is 420 Å². The van der Waals surface area contributed by atoms with Gasteiger partial charge in [0.2, 0.25) is 0 Å². The van der Waals surface area contributed by atoms with Crippen LogP contribution in [0.25, 0.3) is 0 Å². The summed E-state index contributed by atoms with van der Waals surface area (Å²) < 4.78 is 68.5. The molecule has 0 saturated carbocycles. The molecule has 0 aliphatic rings. The Balaban J connectivity index is 5.20. The Morgan fingerprint density at radius 1 is 0.299 bits per heavy atom. The average molecular weight is 1420 g/mol. The zero-order chi connectivity index (χ0) is 71.6. The number of carbonyl (C=O) groups excluding carboxylic acids is 4. The molecule has 0 fully saturated rings. The fraction of sp³-hybridized carbons (Fsp3) is 0.949. The molecule has 0 heterocycles. The van der Waals surface area contributed by atoms with E-state index in [-0.39, 0.29) is 25.7 Å². The van der Waals surface area contributed by atoms with Gasteiger partial charge in [0, 0.05) is 25.7 Å². The summed E-state index contributed by atoms with van der Waals surface area (Å²) in [6.45, 7) is 11.8. The Morgan fingerprint density at radius 2 is 0.526 bits per heavy atom. The molecule has 0 rings (SSSR count). The molecule has 0 aromatic rings. The molecule has 3 N–H and O–H groups in total. The molecule has 0 saturated heterocycles. The van der Waals surface area contributed by atoms with Gasteiger partial charge in [0.25, 0.3) is 0 Å². The molecule has 0 aliphatic heterocycles. The summed E-state index contributed by atoms with van der Waals surface area (Å²) in [5, 5.41) is 10.6. The molecule has 6 atom stereocenters. The van der Waals surface area contributed by atoms with Crippen LogP contribution in [0.1, 0.15) is 402 Å². The van der Waals surface area contributed by atoms with Crippen LogP contribution in [0.3, 0.4) is 0 Å². The zero-order valence-corrected chi connectivity index (χ0v) is 65.3. The van der Waals surface area contributed by atoms with Gasteiger partial charge in [-0.25, -0.2) is 9.13 Å². The van der Waals surface area contributed by atoms with Gasteiger partial charge in [-0.3, -0.25) is 37.3 Å². The number of hydrogen-bond donors (Lipinski definition) is 3. The number of unbranched alkanes of at least 4 members (excludes halogenated alkanes) is 43. The molecule has 0 aromatic heterocycles. The van der Waals surface area contributed by atoms with Crippen molar-refractivity contribution >= 4 is 39.5 Å². The third-order valence-electron chi connectivity index (χ3n) is 18.5. The van der Waals surface area contributed by atoms with E-state index in [0.29, 0.717) is 31.6 Å². The molecule has 0 aliphatic carbocycles. The fourth-order valence-electron chi connectivity index (χ4n) is 11.9. The molecule has 97 heavy (non-hydrogen) atoms. The first kappa shape index (κ1) is 95.1. The maximum absolute atomic E-state index is 13.1. The van der Waals surface area contributed by atoms with Crippen LogP contribution in [-0.4, -0.2) is 96.7 Å². The number of hydrogen-bond acceptors (Lipinski definition) is 15. The molecule has 17 nitrogen and oxygen atoms in total. The molecule has 0 amide bonds. The summed E-state index contributed by atoms with van der Waals surface area (Å²) in [4.78, 5) is 72.8. The lowest BCUT2D eigenvalue weighted by molar-refractivity contribution is -0.161. The van der Waals surface area contributed by atoms with Gasteiger partial charge in [0.15, 0.2) is 12.2 Å². The van der Waals surface area contributed by atoms with Gasteiger partial charge in [-0.2, -0.15) is 0 Å². The first-order chi connectivity index (χ1) is 46.8. The summed E-state index contributed by atoms with van der Waals surface area (Å²) in [7, 11) is -9.91. The number of esters is 4. The van der Waals surface area contributed by atoms with Crippen molar-refractivity contribution in [1.29, 1.82) is 0 Å². The molecular formula is C78H152O17P2. The lowest BCUT2D eigenvalue weighted by Gasteiger charge is -2.21. The van der Waals surface area contributed by atoms with E-state index in [2.05, 4.69) is 48.5 Å². The molecule has 576 valence electrons. The number of rotatable bonds is 76. The van der Waals surface area contributed by atoms with Gasteiger partial charge in [-0.05, 0) is 43.4 Å². The van der Waals surface area contributed by atoms with Crippen molar-refractivity contribution in [3.63, 3.8) is 0 Å². The lowest BCUT2D eigenvalue weighted by Crippen LogP contribution is -2.30. The number of ether oxygens (including phenoxy) is 4. The highest BCUT2D eigenvalue weighted by Gasteiger charge is 2.30. The maximum atomic E-state index is 13.1. The van der Waals surface area contributed by atoms with Crippen molar-refractivity contribution in [3.05, 3.63) is 0 Å². The van der Waals surface area contributed by atoms with Crippen LogP contribution in [0.5, 0.6) is 0 Å². The molecule has 0 aromatic carbocycles. The molecule has 0 bridgehead atoms. The standard InChI is InChI=1S/C78H152O17P2/c1-8-10-11-12-13-14-15-16-17-23-26-29-32-37-45-52-59-75(80)88-65-73(94-77(82)61-54-47-38-33-30-27-24-21-19-18-20-22-25-28-31-35-42-49-56-69(3)4)67-92-96(84,85)90-63-72(79)64-91-97(86,87)93-68-74(95-78(83)62-55-48-39-34-36-43-50-57-70(5)6)66-89-76(81)60-53-46-41-40-44-51-58-71(7)9-2/h69-74,79H,8-68H2,1-7H3,(H,84,85)(H,86,87)/t71?,72-,73-,74-/m1/s1. The normalized spacial score (nSPS) is 14.3. The van der Waals surface area contributed by atoms with Crippen molar-refractivity contribution in [1.82, 2.24) is 0 Å². The van der Waals surface area contributed by atoms with E-state index in [9.17, 15) is 43.2 Å². The van der Waals surface area contributed by atoms with Gasteiger partial charge < -0.3 is 33.8 Å². The minimum absolute atomic E-state index is 0.103. The third kappa shape index (κ3) is 70.9. The maximum Gasteiger partial charge on any atom is 0.472 e. The number of phosphoric acid groups is 2. The van der Waals surface area contributed by atoms with Gasteiger partial charge in [0.1, 0.15) is 19.3 Å². The molecule has 19 heteroatoms. The second kappa shape index (κ2) is 68.5. The van der Waals surface area contributed by atoms with Gasteiger partial charge in [0.05, 0.1) is 26.4 Å². The highest BCUT2D eigenvalue weighted by Crippen LogP contribution is 2.45. The van der Waals surface area contributed by atoms with Crippen LogP contribution in [0.15, 0.2) is 0 Å². The summed E-state index contributed by atoms with van der Waals surface area (Å²) in [5.74, 6) is 0.128. The van der Waals surface area contributed by atoms with Crippen molar-refractivity contribution in [2.75, 3.05) is 39.6 Å². The van der Waals surface area contributed by atoms with E-state index >= 15 is 0 Å². The largest absolute Gasteiger partial charge is 0.472 e. The summed E-state index contributed by atoms with van der Waals surface area (Å²) >= 11 is 0. The van der Waals surface area contributed by atoms with Crippen LogP contribution >= 0.6 is 15.6 Å². The summed E-state index contributed by atoms with van der Waals surface area (Å²) in [5.41, 5.74) is 0. The number of carbonyl (C=O) groups is 4. The van der Waals surface area contributed by atoms with Crippen LogP contribution in [0, 0.1) is 17.8 Å². The molecule has 0 radical (unpaired) electrons. The van der Waals surface area contributed by atoms with Crippen molar-refractivity contribution in [2.24, 2.45) is 17.8 Å². The monoisotopic (exact) mass is 1420 g/mol. The first-order valence-electron chi connectivity index (χ1n) is 40.4. The first-order valence-corrected chi connectivity index (χ1v) is 43.4. The molecule has 3 unspecified atom stereocenters. The second-order valence-electron chi connectivity index (χ2n) is 29.3. The van der Waals surface area contributed by atoms with Gasteiger partial charge in [-0.1, -0.05) is 350 Å². The number of aliphatic hydroxyl groups excluding tert-OH is 1. The van der Waals surface area contributed by atoms with E-state index in [1.807, 2.05) is 0 Å². The topological polar surface area (TPSA) is 237 Å².